The molecule has 0 saturated heterocycles. The van der Waals surface area contributed by atoms with Gasteiger partial charge in [0.05, 0.1) is 23.8 Å². The number of benzene rings is 3. The summed E-state index contributed by atoms with van der Waals surface area (Å²) in [4.78, 5) is 23.3. The number of carbonyl (C=O) groups excluding carboxylic acids is 1. The number of anilines is 1. The first kappa shape index (κ1) is 21.0. The molecule has 7 nitrogen and oxygen atoms in total. The van der Waals surface area contributed by atoms with Crippen LogP contribution in [0, 0.1) is 10.1 Å². The third-order valence-electron chi connectivity index (χ3n) is 4.87. The van der Waals surface area contributed by atoms with E-state index in [2.05, 4.69) is 5.32 Å². The van der Waals surface area contributed by atoms with E-state index in [1.165, 1.54) is 25.3 Å². The monoisotopic (exact) mass is 406 g/mol. The number of nitrogens with one attached hydrogen (secondary N) is 1. The Kier molecular flexibility index (Phi) is 6.77. The van der Waals surface area contributed by atoms with Gasteiger partial charge in [-0.15, -0.1) is 0 Å². The maximum Gasteiger partial charge on any atom is 0.282 e. The van der Waals surface area contributed by atoms with Gasteiger partial charge in [-0.25, -0.2) is 0 Å². The highest BCUT2D eigenvalue weighted by molar-refractivity contribution is 5.95. The van der Waals surface area contributed by atoms with Crippen LogP contribution in [-0.4, -0.2) is 24.0 Å². The fourth-order valence-electron chi connectivity index (χ4n) is 3.25. The van der Waals surface area contributed by atoms with Crippen LogP contribution in [0.15, 0.2) is 78.9 Å². The highest BCUT2D eigenvalue weighted by Crippen LogP contribution is 2.29. The van der Waals surface area contributed by atoms with Gasteiger partial charge >= 0.3 is 0 Å². The normalized spacial score (nSPS) is 11.7. The van der Waals surface area contributed by atoms with Crippen molar-refractivity contribution in [2.45, 2.75) is 19.0 Å². The minimum atomic E-state index is -0.505. The van der Waals surface area contributed by atoms with E-state index in [0.29, 0.717) is 5.69 Å². The molecular formula is C23H24N3O4+. The van der Waals surface area contributed by atoms with E-state index < -0.39 is 11.0 Å². The summed E-state index contributed by atoms with van der Waals surface area (Å²) in [6, 6.07) is 23.6. The summed E-state index contributed by atoms with van der Waals surface area (Å²) in [5.74, 6) is 0.0198. The van der Waals surface area contributed by atoms with Crippen LogP contribution < -0.4 is 15.4 Å². The summed E-state index contributed by atoms with van der Waals surface area (Å²) in [5, 5.41) is 15.8. The summed E-state index contributed by atoms with van der Waals surface area (Å²) >= 11 is 0. The Bertz CT molecular complexity index is 970. The Morgan fingerprint density at radius 3 is 2.07 bits per heavy atom. The molecule has 154 valence electrons. The molecule has 0 aliphatic carbocycles. The quantitative estimate of drug-likeness (QED) is 0.443. The number of nitrogens with two attached hydrogens (primary N) is 1. The van der Waals surface area contributed by atoms with Crippen molar-refractivity contribution in [3.05, 3.63) is 100 Å². The number of nitro groups is 1. The SMILES string of the molecule is COc1cc([N+](=O)[O-])ccc1NC(=O)[C@@H](C)[NH2+]C(c1ccccc1)c1ccccc1. The summed E-state index contributed by atoms with van der Waals surface area (Å²) < 4.78 is 5.21. The molecule has 0 spiro atoms. The predicted molar refractivity (Wildman–Crippen MR) is 114 cm³/mol. The molecule has 1 amide bonds. The Labute approximate surface area is 174 Å². The fraction of sp³-hybridized carbons (Fsp3) is 0.174. The zero-order valence-electron chi connectivity index (χ0n) is 16.8. The zero-order chi connectivity index (χ0) is 21.5. The summed E-state index contributed by atoms with van der Waals surface area (Å²) in [6.45, 7) is 1.83. The third kappa shape index (κ3) is 5.01. The second-order valence-electron chi connectivity index (χ2n) is 6.91. The first-order chi connectivity index (χ1) is 14.5. The first-order valence-corrected chi connectivity index (χ1v) is 9.57. The number of ether oxygens (including phenoxy) is 1. The molecule has 0 saturated carbocycles. The molecule has 0 bridgehead atoms. The molecule has 0 heterocycles. The highest BCUT2D eigenvalue weighted by atomic mass is 16.6. The minimum absolute atomic E-state index is 0.0492. The van der Waals surface area contributed by atoms with Crippen molar-refractivity contribution in [3.63, 3.8) is 0 Å². The Balaban J connectivity index is 1.79. The molecule has 0 fully saturated rings. The van der Waals surface area contributed by atoms with Crippen LogP contribution in [0.2, 0.25) is 0 Å². The van der Waals surface area contributed by atoms with Gasteiger partial charge in [0.15, 0.2) is 6.04 Å². The molecule has 1 atom stereocenters. The molecule has 0 aromatic heterocycles. The van der Waals surface area contributed by atoms with Gasteiger partial charge in [-0.3, -0.25) is 14.9 Å². The van der Waals surface area contributed by atoms with Gasteiger partial charge in [-0.05, 0) is 13.0 Å². The molecule has 0 radical (unpaired) electrons. The molecular weight excluding hydrogens is 382 g/mol. The van der Waals surface area contributed by atoms with Gasteiger partial charge in [0.25, 0.3) is 11.6 Å². The number of carbonyl (C=O) groups is 1. The number of quaternary nitrogens is 1. The fourth-order valence-corrected chi connectivity index (χ4v) is 3.25. The number of methoxy groups -OCH3 is 1. The third-order valence-corrected chi connectivity index (χ3v) is 4.87. The Morgan fingerprint density at radius 2 is 1.57 bits per heavy atom. The lowest BCUT2D eigenvalue weighted by Gasteiger charge is -2.21. The van der Waals surface area contributed by atoms with E-state index in [4.69, 9.17) is 4.74 Å². The maximum atomic E-state index is 12.9. The van der Waals surface area contributed by atoms with Crippen LogP contribution in [0.4, 0.5) is 11.4 Å². The summed E-state index contributed by atoms with van der Waals surface area (Å²) in [7, 11) is 1.41. The van der Waals surface area contributed by atoms with E-state index >= 15 is 0 Å². The summed E-state index contributed by atoms with van der Waals surface area (Å²) in [5.41, 5.74) is 2.48. The van der Waals surface area contributed by atoms with Gasteiger partial charge in [-0.1, -0.05) is 60.7 Å². The van der Waals surface area contributed by atoms with Crippen molar-refractivity contribution < 1.29 is 19.8 Å². The molecule has 3 aromatic rings. The van der Waals surface area contributed by atoms with Crippen LogP contribution in [0.3, 0.4) is 0 Å². The van der Waals surface area contributed by atoms with Crippen LogP contribution in [-0.2, 0) is 4.79 Å². The van der Waals surface area contributed by atoms with Crippen LogP contribution in [0.5, 0.6) is 5.75 Å². The van der Waals surface area contributed by atoms with E-state index in [-0.39, 0.29) is 23.4 Å². The lowest BCUT2D eigenvalue weighted by atomic mass is 9.98. The van der Waals surface area contributed by atoms with E-state index in [0.717, 1.165) is 11.1 Å². The molecule has 0 aliphatic rings. The van der Waals surface area contributed by atoms with Gasteiger partial charge < -0.3 is 15.4 Å². The predicted octanol–water partition coefficient (Wildman–Crippen LogP) is 3.28. The van der Waals surface area contributed by atoms with Gasteiger partial charge in [0, 0.05) is 17.2 Å². The first-order valence-electron chi connectivity index (χ1n) is 9.57. The van der Waals surface area contributed by atoms with Gasteiger partial charge in [0.1, 0.15) is 11.8 Å². The van der Waals surface area contributed by atoms with Crippen LogP contribution in [0.1, 0.15) is 24.1 Å². The summed E-state index contributed by atoms with van der Waals surface area (Å²) in [6.07, 6.45) is 0. The second kappa shape index (κ2) is 9.67. The maximum absolute atomic E-state index is 12.9. The number of rotatable bonds is 8. The average Bonchev–Trinajstić information content (AvgIpc) is 2.78. The smallest absolute Gasteiger partial charge is 0.282 e. The number of amides is 1. The standard InChI is InChI=1S/C23H23N3O4/c1-16(23(27)25-20-14-13-19(26(28)29)15-21(20)30-2)24-22(17-9-5-3-6-10-17)18-11-7-4-8-12-18/h3-16,22,24H,1-2H3,(H,25,27)/p+1/t16-/m1/s1. The highest BCUT2D eigenvalue weighted by Gasteiger charge is 2.25. The lowest BCUT2D eigenvalue weighted by Crippen LogP contribution is -2.92. The molecule has 3 N–H and O–H groups in total. The number of nitrogens with zero attached hydrogens (tertiary/aromatic N) is 1. The van der Waals surface area contributed by atoms with Crippen molar-refractivity contribution in [1.29, 1.82) is 0 Å². The number of hydrogen-bond acceptors (Lipinski definition) is 4. The molecule has 0 aliphatic heterocycles. The van der Waals surface area contributed by atoms with E-state index in [9.17, 15) is 14.9 Å². The average molecular weight is 406 g/mol. The molecule has 0 unspecified atom stereocenters. The minimum Gasteiger partial charge on any atom is -0.494 e. The largest absolute Gasteiger partial charge is 0.494 e. The second-order valence-corrected chi connectivity index (χ2v) is 6.91. The Hall–Kier alpha value is -3.71. The van der Waals surface area contributed by atoms with Crippen molar-refractivity contribution in [3.8, 4) is 5.75 Å². The molecule has 7 heteroatoms. The number of non-ortho nitro benzene ring substituents is 1. The number of nitro benzene ring substituents is 1. The topological polar surface area (TPSA) is 98.1 Å². The van der Waals surface area contributed by atoms with Gasteiger partial charge in [-0.2, -0.15) is 0 Å². The van der Waals surface area contributed by atoms with Crippen LogP contribution >= 0.6 is 0 Å². The molecule has 30 heavy (non-hydrogen) atoms. The van der Waals surface area contributed by atoms with Crippen LogP contribution in [0.25, 0.3) is 0 Å². The zero-order valence-corrected chi connectivity index (χ0v) is 16.8. The van der Waals surface area contributed by atoms with E-state index in [1.54, 1.807) is 0 Å². The van der Waals surface area contributed by atoms with Crippen molar-refractivity contribution in [2.75, 3.05) is 12.4 Å². The molecule has 3 aromatic carbocycles. The molecule has 3 rings (SSSR count). The van der Waals surface area contributed by atoms with Gasteiger partial charge in [0.2, 0.25) is 0 Å². The number of hydrogen-bond donors (Lipinski definition) is 2. The van der Waals surface area contributed by atoms with Crippen molar-refractivity contribution in [1.82, 2.24) is 0 Å². The lowest BCUT2D eigenvalue weighted by molar-refractivity contribution is -0.704. The van der Waals surface area contributed by atoms with Crippen molar-refractivity contribution >= 4 is 17.3 Å². The Morgan fingerprint density at radius 1 is 1.00 bits per heavy atom. The van der Waals surface area contributed by atoms with Crippen molar-refractivity contribution in [2.24, 2.45) is 0 Å². The van der Waals surface area contributed by atoms with E-state index in [1.807, 2.05) is 72.9 Å².